The molecule has 6 nitrogen and oxygen atoms in total. The van der Waals surface area contributed by atoms with Crippen LogP contribution in [0.15, 0.2) is 46.0 Å². The molecular formula is C12H8BrFN2O4S. The van der Waals surface area contributed by atoms with Gasteiger partial charge in [0.25, 0.3) is 10.0 Å². The van der Waals surface area contributed by atoms with Crippen molar-refractivity contribution in [3.05, 3.63) is 52.5 Å². The number of carboxylic acids is 1. The number of benzene rings is 1. The maximum Gasteiger partial charge on any atom is 0.335 e. The number of rotatable bonds is 4. The fraction of sp³-hybridized carbons (Fsp3) is 0. The molecule has 0 spiro atoms. The van der Waals surface area contributed by atoms with E-state index in [1.807, 2.05) is 0 Å². The van der Waals surface area contributed by atoms with Crippen LogP contribution in [0.25, 0.3) is 0 Å². The van der Waals surface area contributed by atoms with Gasteiger partial charge in [0, 0.05) is 10.7 Å². The largest absolute Gasteiger partial charge is 0.478 e. The first-order valence-corrected chi connectivity index (χ1v) is 7.73. The summed E-state index contributed by atoms with van der Waals surface area (Å²) in [6.45, 7) is 0. The van der Waals surface area contributed by atoms with E-state index in [4.69, 9.17) is 5.11 Å². The van der Waals surface area contributed by atoms with Crippen molar-refractivity contribution >= 4 is 37.6 Å². The highest BCUT2D eigenvalue weighted by Crippen LogP contribution is 2.26. The number of nitrogens with zero attached hydrogens (tertiary/aromatic N) is 1. The second-order valence-corrected chi connectivity index (χ2v) is 6.48. The lowest BCUT2D eigenvalue weighted by atomic mass is 10.2. The lowest BCUT2D eigenvalue weighted by Crippen LogP contribution is -2.14. The number of sulfonamides is 1. The average Bonchev–Trinajstić information content (AvgIpc) is 2.41. The minimum atomic E-state index is -4.08. The highest BCUT2D eigenvalue weighted by molar-refractivity contribution is 9.10. The molecule has 2 aromatic rings. The Hall–Kier alpha value is -2.00. The summed E-state index contributed by atoms with van der Waals surface area (Å²) in [5.41, 5.74) is -0.0626. The van der Waals surface area contributed by atoms with E-state index in [0.717, 1.165) is 24.5 Å². The summed E-state index contributed by atoms with van der Waals surface area (Å²) in [5, 5.41) is 8.90. The minimum Gasteiger partial charge on any atom is -0.478 e. The van der Waals surface area contributed by atoms with Gasteiger partial charge in [-0.3, -0.25) is 9.71 Å². The molecule has 0 saturated heterocycles. The Labute approximate surface area is 127 Å². The zero-order chi connectivity index (χ0) is 15.6. The van der Waals surface area contributed by atoms with Crippen molar-refractivity contribution in [2.24, 2.45) is 0 Å². The normalized spacial score (nSPS) is 11.1. The van der Waals surface area contributed by atoms with Crippen molar-refractivity contribution in [2.45, 2.75) is 4.90 Å². The highest BCUT2D eigenvalue weighted by atomic mass is 79.9. The molecule has 0 saturated carbocycles. The number of carboxylic acid groups (broad SMARTS) is 1. The van der Waals surface area contributed by atoms with Crippen LogP contribution in [0.4, 0.5) is 10.1 Å². The first kappa shape index (κ1) is 15.4. The molecule has 1 heterocycles. The van der Waals surface area contributed by atoms with Gasteiger partial charge in [0.05, 0.1) is 17.4 Å². The van der Waals surface area contributed by atoms with Crippen molar-refractivity contribution in [1.82, 2.24) is 4.98 Å². The van der Waals surface area contributed by atoms with Gasteiger partial charge in [-0.25, -0.2) is 17.6 Å². The molecule has 21 heavy (non-hydrogen) atoms. The maximum atomic E-state index is 13.0. The van der Waals surface area contributed by atoms with E-state index in [2.05, 4.69) is 25.6 Å². The molecule has 2 N–H and O–H groups in total. The number of aromatic nitrogens is 1. The predicted octanol–water partition coefficient (Wildman–Crippen LogP) is 2.48. The zero-order valence-corrected chi connectivity index (χ0v) is 12.6. The topological polar surface area (TPSA) is 96.4 Å². The lowest BCUT2D eigenvalue weighted by molar-refractivity contribution is 0.0697. The third kappa shape index (κ3) is 3.56. The van der Waals surface area contributed by atoms with Gasteiger partial charge in [-0.05, 0) is 40.2 Å². The molecule has 9 heteroatoms. The van der Waals surface area contributed by atoms with Gasteiger partial charge < -0.3 is 5.11 Å². The van der Waals surface area contributed by atoms with Crippen LogP contribution in [0, 0.1) is 5.82 Å². The summed E-state index contributed by atoms with van der Waals surface area (Å²) in [7, 11) is -4.08. The Balaban J connectivity index is 2.41. The quantitative estimate of drug-likeness (QED) is 0.856. The number of anilines is 1. The summed E-state index contributed by atoms with van der Waals surface area (Å²) in [4.78, 5) is 14.0. The van der Waals surface area contributed by atoms with E-state index in [9.17, 15) is 17.6 Å². The Morgan fingerprint density at radius 3 is 2.62 bits per heavy atom. The standard InChI is InChI=1S/C12H8BrFN2O4S/c13-10-2-1-7(12(17)18)3-11(10)16-21(19,20)9-4-8(14)5-15-6-9/h1-6,16H,(H,17,18). The number of hydrogen-bond acceptors (Lipinski definition) is 4. The second-order valence-electron chi connectivity index (χ2n) is 3.94. The summed E-state index contributed by atoms with van der Waals surface area (Å²) >= 11 is 3.11. The van der Waals surface area contributed by atoms with E-state index in [1.165, 1.54) is 12.1 Å². The van der Waals surface area contributed by atoms with Crippen LogP contribution in [0.1, 0.15) is 10.4 Å². The maximum absolute atomic E-state index is 13.0. The molecule has 0 aliphatic rings. The molecule has 2 rings (SSSR count). The minimum absolute atomic E-state index is 0.0270. The van der Waals surface area contributed by atoms with Gasteiger partial charge in [0.2, 0.25) is 0 Å². The predicted molar refractivity (Wildman–Crippen MR) is 76.1 cm³/mol. The van der Waals surface area contributed by atoms with Crippen molar-refractivity contribution in [2.75, 3.05) is 4.72 Å². The Morgan fingerprint density at radius 1 is 1.29 bits per heavy atom. The van der Waals surface area contributed by atoms with Crippen molar-refractivity contribution in [1.29, 1.82) is 0 Å². The molecule has 0 bridgehead atoms. The molecular weight excluding hydrogens is 367 g/mol. The average molecular weight is 375 g/mol. The Morgan fingerprint density at radius 2 is 2.00 bits per heavy atom. The molecule has 110 valence electrons. The van der Waals surface area contributed by atoms with Gasteiger partial charge in [-0.15, -0.1) is 0 Å². The van der Waals surface area contributed by atoms with Crippen molar-refractivity contribution in [3.8, 4) is 0 Å². The number of nitrogens with one attached hydrogen (secondary N) is 1. The van der Waals surface area contributed by atoms with Gasteiger partial charge >= 0.3 is 5.97 Å². The fourth-order valence-corrected chi connectivity index (χ4v) is 3.00. The molecule has 1 aromatic heterocycles. The molecule has 0 atom stereocenters. The third-order valence-electron chi connectivity index (χ3n) is 2.45. The molecule has 0 unspecified atom stereocenters. The van der Waals surface area contributed by atoms with E-state index < -0.39 is 21.8 Å². The van der Waals surface area contributed by atoms with Crippen LogP contribution in [-0.2, 0) is 10.0 Å². The highest BCUT2D eigenvalue weighted by Gasteiger charge is 2.18. The fourth-order valence-electron chi connectivity index (χ4n) is 1.48. The monoisotopic (exact) mass is 374 g/mol. The van der Waals surface area contributed by atoms with Gasteiger partial charge in [-0.1, -0.05) is 0 Å². The molecule has 0 aliphatic heterocycles. The van der Waals surface area contributed by atoms with Crippen LogP contribution < -0.4 is 4.72 Å². The smallest absolute Gasteiger partial charge is 0.335 e. The number of hydrogen-bond donors (Lipinski definition) is 2. The number of carbonyl (C=O) groups is 1. The first-order valence-electron chi connectivity index (χ1n) is 5.46. The SMILES string of the molecule is O=C(O)c1ccc(Br)c(NS(=O)(=O)c2cncc(F)c2)c1. The molecule has 0 amide bonds. The van der Waals surface area contributed by atoms with Crippen molar-refractivity contribution in [3.63, 3.8) is 0 Å². The van der Waals surface area contributed by atoms with Crippen LogP contribution in [0.5, 0.6) is 0 Å². The van der Waals surface area contributed by atoms with Gasteiger partial charge in [-0.2, -0.15) is 0 Å². The van der Waals surface area contributed by atoms with Crippen LogP contribution in [-0.4, -0.2) is 24.5 Å². The van der Waals surface area contributed by atoms with E-state index in [0.29, 0.717) is 4.47 Å². The molecule has 1 aromatic carbocycles. The van der Waals surface area contributed by atoms with E-state index in [-0.39, 0.29) is 16.1 Å². The van der Waals surface area contributed by atoms with Gasteiger partial charge in [0.1, 0.15) is 10.7 Å². The molecule has 0 fully saturated rings. The Bertz CT molecular complexity index is 811. The summed E-state index contributed by atoms with van der Waals surface area (Å²) in [6.07, 6.45) is 1.86. The third-order valence-corrected chi connectivity index (χ3v) is 4.47. The molecule has 0 aliphatic carbocycles. The second kappa shape index (κ2) is 5.78. The van der Waals surface area contributed by atoms with Gasteiger partial charge in [0.15, 0.2) is 0 Å². The zero-order valence-electron chi connectivity index (χ0n) is 10.2. The van der Waals surface area contributed by atoms with E-state index in [1.54, 1.807) is 0 Å². The lowest BCUT2D eigenvalue weighted by Gasteiger charge is -2.10. The number of pyridine rings is 1. The summed E-state index contributed by atoms with van der Waals surface area (Å²) < 4.78 is 39.8. The first-order chi connectivity index (χ1) is 9.79. The number of halogens is 2. The molecule has 0 radical (unpaired) electrons. The van der Waals surface area contributed by atoms with E-state index >= 15 is 0 Å². The van der Waals surface area contributed by atoms with Crippen LogP contribution >= 0.6 is 15.9 Å². The van der Waals surface area contributed by atoms with Crippen molar-refractivity contribution < 1.29 is 22.7 Å². The Kier molecular flexibility index (Phi) is 4.24. The van der Waals surface area contributed by atoms with Crippen LogP contribution in [0.2, 0.25) is 0 Å². The van der Waals surface area contributed by atoms with Crippen LogP contribution in [0.3, 0.4) is 0 Å². The summed E-state index contributed by atoms with van der Waals surface area (Å²) in [5.74, 6) is -1.99. The number of aromatic carboxylic acids is 1. The summed E-state index contributed by atoms with van der Waals surface area (Å²) in [6, 6.07) is 4.67.